The van der Waals surface area contributed by atoms with Crippen molar-refractivity contribution in [1.82, 2.24) is 4.98 Å². The number of alkyl halides is 3. The van der Waals surface area contributed by atoms with E-state index in [1.165, 1.54) is 24.4 Å². The topological polar surface area (TPSA) is 12.9 Å². The summed E-state index contributed by atoms with van der Waals surface area (Å²) < 4.78 is 50.8. The van der Waals surface area contributed by atoms with Crippen molar-refractivity contribution in [2.75, 3.05) is 0 Å². The van der Waals surface area contributed by atoms with Crippen molar-refractivity contribution >= 4 is 0 Å². The Morgan fingerprint density at radius 2 is 1.59 bits per heavy atom. The lowest BCUT2D eigenvalue weighted by Gasteiger charge is -2.11. The number of rotatable bonds is 1. The van der Waals surface area contributed by atoms with Gasteiger partial charge in [-0.3, -0.25) is 4.98 Å². The quantitative estimate of drug-likeness (QED) is 0.690. The Kier molecular flexibility index (Phi) is 2.83. The van der Waals surface area contributed by atoms with Crippen molar-refractivity contribution in [2.45, 2.75) is 6.18 Å². The van der Waals surface area contributed by atoms with Gasteiger partial charge in [0, 0.05) is 11.8 Å². The molecule has 0 spiro atoms. The number of nitrogens with zero attached hydrogens (tertiary/aromatic N) is 1. The van der Waals surface area contributed by atoms with Gasteiger partial charge in [-0.1, -0.05) is 0 Å². The Labute approximate surface area is 94.7 Å². The first-order chi connectivity index (χ1) is 7.98. The normalized spacial score (nSPS) is 11.5. The van der Waals surface area contributed by atoms with Crippen molar-refractivity contribution in [3.8, 4) is 11.3 Å². The van der Waals surface area contributed by atoms with E-state index in [-0.39, 0.29) is 11.3 Å². The third-order valence-corrected chi connectivity index (χ3v) is 2.23. The molecular weight excluding hydrogens is 234 g/mol. The number of pyridine rings is 1. The number of hydrogen-bond acceptors (Lipinski definition) is 1. The van der Waals surface area contributed by atoms with Gasteiger partial charge in [0.1, 0.15) is 5.82 Å². The monoisotopic (exact) mass is 241 g/mol. The second kappa shape index (κ2) is 4.16. The molecule has 1 aromatic carbocycles. The minimum absolute atomic E-state index is 0.194. The van der Waals surface area contributed by atoms with Crippen LogP contribution in [0.25, 0.3) is 11.3 Å². The van der Waals surface area contributed by atoms with Gasteiger partial charge in [0.25, 0.3) is 0 Å². The number of aromatic nitrogens is 1. The molecule has 0 saturated heterocycles. The second-order valence-corrected chi connectivity index (χ2v) is 3.40. The Hall–Kier alpha value is -1.91. The zero-order chi connectivity index (χ0) is 12.5. The molecule has 0 aliphatic heterocycles. The van der Waals surface area contributed by atoms with Gasteiger partial charge < -0.3 is 0 Å². The molecule has 2 aromatic rings. The van der Waals surface area contributed by atoms with E-state index in [0.29, 0.717) is 0 Å². The van der Waals surface area contributed by atoms with Crippen LogP contribution in [0.3, 0.4) is 0 Å². The highest BCUT2D eigenvalue weighted by molar-refractivity contribution is 5.63. The highest BCUT2D eigenvalue weighted by atomic mass is 19.4. The van der Waals surface area contributed by atoms with Crippen LogP contribution in [0, 0.1) is 5.82 Å². The molecule has 88 valence electrons. The van der Waals surface area contributed by atoms with E-state index < -0.39 is 17.6 Å². The first-order valence-corrected chi connectivity index (χ1v) is 4.76. The average molecular weight is 241 g/mol. The zero-order valence-corrected chi connectivity index (χ0v) is 8.50. The maximum Gasteiger partial charge on any atom is 0.418 e. The van der Waals surface area contributed by atoms with E-state index in [9.17, 15) is 17.6 Å². The summed E-state index contributed by atoms with van der Waals surface area (Å²) in [6.45, 7) is 0. The lowest BCUT2D eigenvalue weighted by atomic mass is 10.1. The molecule has 1 aromatic heterocycles. The van der Waals surface area contributed by atoms with E-state index in [0.717, 1.165) is 18.2 Å². The third-order valence-electron chi connectivity index (χ3n) is 2.23. The maximum absolute atomic E-state index is 12.7. The van der Waals surface area contributed by atoms with Crippen molar-refractivity contribution in [3.05, 3.63) is 54.0 Å². The average Bonchev–Trinajstić information content (AvgIpc) is 2.29. The SMILES string of the molecule is Fc1ccc(-c2ncccc2C(F)(F)F)cc1. The molecule has 0 N–H and O–H groups in total. The lowest BCUT2D eigenvalue weighted by Crippen LogP contribution is -2.08. The van der Waals surface area contributed by atoms with Crippen LogP contribution < -0.4 is 0 Å². The summed E-state index contributed by atoms with van der Waals surface area (Å²) in [7, 11) is 0. The van der Waals surface area contributed by atoms with Crippen LogP contribution in [0.4, 0.5) is 17.6 Å². The molecule has 0 amide bonds. The largest absolute Gasteiger partial charge is 0.418 e. The van der Waals surface area contributed by atoms with Gasteiger partial charge >= 0.3 is 6.18 Å². The molecular formula is C12H7F4N. The number of benzene rings is 1. The first-order valence-electron chi connectivity index (χ1n) is 4.76. The van der Waals surface area contributed by atoms with Crippen molar-refractivity contribution in [2.24, 2.45) is 0 Å². The van der Waals surface area contributed by atoms with Crippen LogP contribution in [0.2, 0.25) is 0 Å². The minimum Gasteiger partial charge on any atom is -0.256 e. The first kappa shape index (κ1) is 11.6. The molecule has 5 heteroatoms. The zero-order valence-electron chi connectivity index (χ0n) is 8.50. The van der Waals surface area contributed by atoms with Crippen LogP contribution in [0.5, 0.6) is 0 Å². The summed E-state index contributed by atoms with van der Waals surface area (Å²) in [6, 6.07) is 6.91. The van der Waals surface area contributed by atoms with Crippen molar-refractivity contribution < 1.29 is 17.6 Å². The Balaban J connectivity index is 2.56. The second-order valence-electron chi connectivity index (χ2n) is 3.40. The predicted molar refractivity (Wildman–Crippen MR) is 54.6 cm³/mol. The summed E-state index contributed by atoms with van der Waals surface area (Å²) in [5.74, 6) is -0.502. The Morgan fingerprint density at radius 3 is 2.18 bits per heavy atom. The Morgan fingerprint density at radius 1 is 0.941 bits per heavy atom. The van der Waals surface area contributed by atoms with Crippen LogP contribution in [0.15, 0.2) is 42.6 Å². The van der Waals surface area contributed by atoms with Gasteiger partial charge in [-0.05, 0) is 36.4 Å². The summed E-state index contributed by atoms with van der Waals surface area (Å²) >= 11 is 0. The molecule has 0 aliphatic rings. The Bertz CT molecular complexity index is 517. The summed E-state index contributed by atoms with van der Waals surface area (Å²) in [5.41, 5.74) is -0.786. The van der Waals surface area contributed by atoms with E-state index >= 15 is 0 Å². The fraction of sp³-hybridized carbons (Fsp3) is 0.0833. The van der Waals surface area contributed by atoms with E-state index in [1.807, 2.05) is 0 Å². The third kappa shape index (κ3) is 2.43. The van der Waals surface area contributed by atoms with Crippen LogP contribution >= 0.6 is 0 Å². The molecule has 0 aliphatic carbocycles. The van der Waals surface area contributed by atoms with Gasteiger partial charge in [-0.15, -0.1) is 0 Å². The maximum atomic E-state index is 12.7. The molecule has 0 unspecified atom stereocenters. The molecule has 0 radical (unpaired) electrons. The molecule has 0 bridgehead atoms. The fourth-order valence-electron chi connectivity index (χ4n) is 1.47. The molecule has 0 atom stereocenters. The van der Waals surface area contributed by atoms with E-state index in [4.69, 9.17) is 0 Å². The van der Waals surface area contributed by atoms with Crippen molar-refractivity contribution in [1.29, 1.82) is 0 Å². The highest BCUT2D eigenvalue weighted by Crippen LogP contribution is 2.35. The summed E-state index contributed by atoms with van der Waals surface area (Å²) in [4.78, 5) is 3.70. The molecule has 17 heavy (non-hydrogen) atoms. The van der Waals surface area contributed by atoms with Crippen LogP contribution in [-0.4, -0.2) is 4.98 Å². The van der Waals surface area contributed by atoms with Gasteiger partial charge in [0.15, 0.2) is 0 Å². The smallest absolute Gasteiger partial charge is 0.256 e. The van der Waals surface area contributed by atoms with Crippen LogP contribution in [-0.2, 0) is 6.18 Å². The van der Waals surface area contributed by atoms with Gasteiger partial charge in [0.2, 0.25) is 0 Å². The van der Waals surface area contributed by atoms with Crippen molar-refractivity contribution in [3.63, 3.8) is 0 Å². The fourth-order valence-corrected chi connectivity index (χ4v) is 1.47. The van der Waals surface area contributed by atoms with Gasteiger partial charge in [-0.2, -0.15) is 13.2 Å². The number of halogens is 4. The predicted octanol–water partition coefficient (Wildman–Crippen LogP) is 3.91. The molecule has 0 saturated carbocycles. The van der Waals surface area contributed by atoms with Crippen LogP contribution in [0.1, 0.15) is 5.56 Å². The van der Waals surface area contributed by atoms with E-state index in [1.54, 1.807) is 0 Å². The lowest BCUT2D eigenvalue weighted by molar-refractivity contribution is -0.137. The molecule has 1 nitrogen and oxygen atoms in total. The summed E-state index contributed by atoms with van der Waals surface area (Å²) in [6.07, 6.45) is -3.20. The standard InChI is InChI=1S/C12H7F4N/c13-9-5-3-8(4-6-9)11-10(12(14,15)16)2-1-7-17-11/h1-7H. The molecule has 2 rings (SSSR count). The molecule has 1 heterocycles. The summed E-state index contributed by atoms with van der Waals surface area (Å²) in [5, 5.41) is 0. The molecule has 0 fully saturated rings. The number of hydrogen-bond donors (Lipinski definition) is 0. The van der Waals surface area contributed by atoms with Gasteiger partial charge in [0.05, 0.1) is 11.3 Å². The van der Waals surface area contributed by atoms with Gasteiger partial charge in [-0.25, -0.2) is 4.39 Å². The minimum atomic E-state index is -4.47. The highest BCUT2D eigenvalue weighted by Gasteiger charge is 2.34. The van der Waals surface area contributed by atoms with E-state index in [2.05, 4.69) is 4.98 Å².